The lowest BCUT2D eigenvalue weighted by molar-refractivity contribution is 0.0136. The highest BCUT2D eigenvalue weighted by Gasteiger charge is 2.34. The van der Waals surface area contributed by atoms with Gasteiger partial charge in [-0.25, -0.2) is 4.79 Å². The molecule has 5 rings (SSSR count). The molecule has 1 saturated heterocycles. The number of pyridine rings is 1. The van der Waals surface area contributed by atoms with E-state index in [4.69, 9.17) is 9.84 Å². The van der Waals surface area contributed by atoms with Gasteiger partial charge in [-0.2, -0.15) is 5.10 Å². The molecule has 196 valence electrons. The van der Waals surface area contributed by atoms with Crippen LogP contribution in [0.25, 0.3) is 22.2 Å². The summed E-state index contributed by atoms with van der Waals surface area (Å²) in [6.45, 7) is 6.71. The summed E-state index contributed by atoms with van der Waals surface area (Å²) in [5.41, 5.74) is 4.02. The molecular formula is C31H34N4O3. The summed E-state index contributed by atoms with van der Waals surface area (Å²) in [4.78, 5) is 32.5. The highest BCUT2D eigenvalue weighted by Crippen LogP contribution is 2.34. The molecule has 7 heteroatoms. The zero-order valence-corrected chi connectivity index (χ0v) is 22.4. The number of rotatable bonds is 5. The molecule has 0 N–H and O–H groups in total. The molecule has 4 aromatic rings. The summed E-state index contributed by atoms with van der Waals surface area (Å²) in [5.74, 6) is 0.242. The Labute approximate surface area is 223 Å². The molecule has 1 amide bonds. The maximum absolute atomic E-state index is 13.6. The predicted octanol–water partition coefficient (Wildman–Crippen LogP) is 6.25. The lowest BCUT2D eigenvalue weighted by Crippen LogP contribution is -2.45. The molecule has 2 atom stereocenters. The van der Waals surface area contributed by atoms with Crippen molar-refractivity contribution in [1.29, 1.82) is 0 Å². The number of aryl methyl sites for hydroxylation is 1. The molecule has 0 saturated carbocycles. The highest BCUT2D eigenvalue weighted by molar-refractivity contribution is 6.02. The molecular weight excluding hydrogens is 476 g/mol. The van der Waals surface area contributed by atoms with Crippen LogP contribution >= 0.6 is 0 Å². The lowest BCUT2D eigenvalue weighted by atomic mass is 9.81. The molecule has 7 nitrogen and oxygen atoms in total. The third-order valence-corrected chi connectivity index (χ3v) is 7.06. The van der Waals surface area contributed by atoms with Crippen LogP contribution in [0.4, 0.5) is 4.79 Å². The van der Waals surface area contributed by atoms with E-state index in [0.717, 1.165) is 28.6 Å². The quantitative estimate of drug-likeness (QED) is 0.297. The molecule has 1 aliphatic heterocycles. The lowest BCUT2D eigenvalue weighted by Gasteiger charge is -2.38. The normalized spacial score (nSPS) is 17.9. The van der Waals surface area contributed by atoms with Crippen molar-refractivity contribution in [2.45, 2.75) is 45.1 Å². The number of likely N-dealkylation sites (tertiary alicyclic amines) is 1. The molecule has 2 aromatic carbocycles. The first kappa shape index (κ1) is 25.6. The first-order valence-electron chi connectivity index (χ1n) is 13.1. The molecule has 0 bridgehead atoms. The average Bonchev–Trinajstić information content (AvgIpc) is 3.24. The number of ketones is 1. The number of piperidine rings is 1. The molecule has 1 fully saturated rings. The number of nitrogens with zero attached hydrogens (tertiary/aromatic N) is 4. The first-order valence-corrected chi connectivity index (χ1v) is 13.1. The van der Waals surface area contributed by atoms with Crippen molar-refractivity contribution in [1.82, 2.24) is 19.7 Å². The molecule has 2 aromatic heterocycles. The van der Waals surface area contributed by atoms with Gasteiger partial charge in [-0.3, -0.25) is 14.5 Å². The van der Waals surface area contributed by atoms with Gasteiger partial charge in [0.1, 0.15) is 11.3 Å². The van der Waals surface area contributed by atoms with Crippen LogP contribution in [-0.4, -0.2) is 50.2 Å². The van der Waals surface area contributed by atoms with E-state index in [9.17, 15) is 9.59 Å². The van der Waals surface area contributed by atoms with Gasteiger partial charge in [-0.05, 0) is 69.0 Å². The number of carbonyl (C=O) groups excluding carboxylic acids is 2. The summed E-state index contributed by atoms with van der Waals surface area (Å²) in [7, 11) is 1.91. The van der Waals surface area contributed by atoms with Crippen LogP contribution < -0.4 is 0 Å². The monoisotopic (exact) mass is 510 g/mol. The molecule has 0 spiro atoms. The minimum Gasteiger partial charge on any atom is -0.444 e. The van der Waals surface area contributed by atoms with Crippen molar-refractivity contribution in [2.24, 2.45) is 13.0 Å². The van der Waals surface area contributed by atoms with Gasteiger partial charge in [0, 0.05) is 61.4 Å². The number of hydrogen-bond acceptors (Lipinski definition) is 5. The predicted molar refractivity (Wildman–Crippen MR) is 148 cm³/mol. The van der Waals surface area contributed by atoms with Crippen molar-refractivity contribution in [3.05, 3.63) is 84.2 Å². The zero-order valence-electron chi connectivity index (χ0n) is 22.4. The van der Waals surface area contributed by atoms with Crippen molar-refractivity contribution in [2.75, 3.05) is 13.1 Å². The molecule has 0 radical (unpaired) electrons. The number of fused-ring (bicyclic) bond motifs is 1. The molecule has 38 heavy (non-hydrogen) atoms. The Morgan fingerprint density at radius 3 is 2.45 bits per heavy atom. The summed E-state index contributed by atoms with van der Waals surface area (Å²) < 4.78 is 7.53. The Hall–Kier alpha value is -4.00. The maximum atomic E-state index is 13.6. The first-order chi connectivity index (χ1) is 18.2. The van der Waals surface area contributed by atoms with Crippen molar-refractivity contribution in [3.63, 3.8) is 0 Å². The van der Waals surface area contributed by atoms with Gasteiger partial charge >= 0.3 is 6.09 Å². The van der Waals surface area contributed by atoms with Crippen LogP contribution in [0.3, 0.4) is 0 Å². The average molecular weight is 511 g/mol. The van der Waals surface area contributed by atoms with Crippen LogP contribution in [0.15, 0.2) is 73.1 Å². The third kappa shape index (κ3) is 5.62. The van der Waals surface area contributed by atoms with E-state index in [1.165, 1.54) is 5.56 Å². The molecule has 3 heterocycles. The molecule has 0 aliphatic carbocycles. The standard InChI is InChI=1S/C31H34N4O3/c1-31(2,3)38-30(37)35-19-21(16-25(20-35)22-8-6-5-7-9-22)17-28(36)24-10-11-27-26(18-24)29(33-34(27)4)23-12-14-32-15-13-23/h5-15,18,21,25H,16-17,19-20H2,1-4H3/t21?,25-/m1/s1. The van der Waals surface area contributed by atoms with Crippen LogP contribution in [0.5, 0.6) is 0 Å². The van der Waals surface area contributed by atoms with Crippen LogP contribution in [-0.2, 0) is 11.8 Å². The van der Waals surface area contributed by atoms with Gasteiger partial charge < -0.3 is 9.64 Å². The largest absolute Gasteiger partial charge is 0.444 e. The third-order valence-electron chi connectivity index (χ3n) is 7.06. The fraction of sp³-hybridized carbons (Fsp3) is 0.355. The maximum Gasteiger partial charge on any atom is 0.410 e. The summed E-state index contributed by atoms with van der Waals surface area (Å²) in [5, 5.41) is 5.63. The van der Waals surface area contributed by atoms with E-state index in [1.807, 2.05) is 81.0 Å². The second-order valence-corrected chi connectivity index (χ2v) is 11.2. The Balaban J connectivity index is 1.40. The summed E-state index contributed by atoms with van der Waals surface area (Å²) in [6.07, 6.45) is 4.36. The second kappa shape index (κ2) is 10.4. The van der Waals surface area contributed by atoms with Crippen LogP contribution in [0.2, 0.25) is 0 Å². The minimum absolute atomic E-state index is 0.0261. The topological polar surface area (TPSA) is 77.3 Å². The van der Waals surface area contributed by atoms with E-state index < -0.39 is 5.60 Å². The van der Waals surface area contributed by atoms with Gasteiger partial charge in [-0.15, -0.1) is 0 Å². The van der Waals surface area contributed by atoms with Gasteiger partial charge in [0.15, 0.2) is 5.78 Å². The highest BCUT2D eigenvalue weighted by atomic mass is 16.6. The van der Waals surface area contributed by atoms with Gasteiger partial charge in [0.2, 0.25) is 0 Å². The summed E-state index contributed by atoms with van der Waals surface area (Å²) in [6, 6.07) is 19.9. The number of Topliss-reactive ketones (excluding diaryl/α,β-unsaturated/α-hetero) is 1. The van der Waals surface area contributed by atoms with Crippen molar-refractivity contribution >= 4 is 22.8 Å². The van der Waals surface area contributed by atoms with Crippen molar-refractivity contribution in [3.8, 4) is 11.3 Å². The Morgan fingerprint density at radius 2 is 1.74 bits per heavy atom. The smallest absolute Gasteiger partial charge is 0.410 e. The number of amides is 1. The van der Waals surface area contributed by atoms with E-state index in [1.54, 1.807) is 17.3 Å². The fourth-order valence-corrected chi connectivity index (χ4v) is 5.34. The van der Waals surface area contributed by atoms with Crippen molar-refractivity contribution < 1.29 is 14.3 Å². The Morgan fingerprint density at radius 1 is 1.00 bits per heavy atom. The minimum atomic E-state index is -0.576. The molecule has 1 aliphatic rings. The van der Waals surface area contributed by atoms with Gasteiger partial charge in [0.05, 0.1) is 5.52 Å². The summed E-state index contributed by atoms with van der Waals surface area (Å²) >= 11 is 0. The number of carbonyl (C=O) groups is 2. The Kier molecular flexibility index (Phi) is 7.02. The number of hydrogen-bond donors (Lipinski definition) is 0. The van der Waals surface area contributed by atoms with E-state index in [2.05, 4.69) is 17.1 Å². The van der Waals surface area contributed by atoms with Crippen LogP contribution in [0, 0.1) is 5.92 Å². The Bertz CT molecular complexity index is 1440. The van der Waals surface area contributed by atoms with Gasteiger partial charge in [-0.1, -0.05) is 30.3 Å². The number of benzene rings is 2. The van der Waals surface area contributed by atoms with Crippen LogP contribution in [0.1, 0.15) is 55.5 Å². The SMILES string of the molecule is Cn1nc(-c2ccncc2)c2cc(C(=O)CC3C[C@@H](c4ccccc4)CN(C(=O)OC(C)(C)C)C3)ccc21. The van der Waals surface area contributed by atoms with E-state index >= 15 is 0 Å². The number of aromatic nitrogens is 3. The van der Waals surface area contributed by atoms with E-state index in [-0.39, 0.29) is 23.7 Å². The fourth-order valence-electron chi connectivity index (χ4n) is 5.34. The zero-order chi connectivity index (χ0) is 26.9. The van der Waals surface area contributed by atoms with Gasteiger partial charge in [0.25, 0.3) is 0 Å². The van der Waals surface area contributed by atoms with E-state index in [0.29, 0.717) is 25.1 Å². The number of ether oxygens (including phenoxy) is 1. The molecule has 1 unspecified atom stereocenters. The second-order valence-electron chi connectivity index (χ2n) is 11.2.